The molecule has 0 radical (unpaired) electrons. The van der Waals surface area contributed by atoms with Crippen molar-refractivity contribution >= 4 is 10.0 Å². The molecule has 118 valence electrons. The van der Waals surface area contributed by atoms with E-state index in [4.69, 9.17) is 0 Å². The van der Waals surface area contributed by atoms with Crippen LogP contribution in [0.25, 0.3) is 0 Å². The summed E-state index contributed by atoms with van der Waals surface area (Å²) >= 11 is 0. The topological polar surface area (TPSA) is 55.2 Å². The molecule has 0 unspecified atom stereocenters. The summed E-state index contributed by atoms with van der Waals surface area (Å²) in [4.78, 5) is 0.301. The molecule has 1 atom stereocenters. The Morgan fingerprint density at radius 3 is 2.73 bits per heavy atom. The van der Waals surface area contributed by atoms with Crippen molar-refractivity contribution in [2.75, 3.05) is 13.1 Å². The van der Waals surface area contributed by atoms with Crippen LogP contribution in [0, 0.1) is 5.92 Å². The van der Waals surface area contributed by atoms with E-state index in [1.165, 1.54) is 11.8 Å². The van der Waals surface area contributed by atoms with Crippen LogP contribution < -0.4 is 0 Å². The summed E-state index contributed by atoms with van der Waals surface area (Å²) in [7, 11) is -3.40. The first-order chi connectivity index (χ1) is 10.6. The van der Waals surface area contributed by atoms with Crippen LogP contribution >= 0.6 is 0 Å². The summed E-state index contributed by atoms with van der Waals surface area (Å²) in [5, 5.41) is 4.07. The summed E-state index contributed by atoms with van der Waals surface area (Å²) in [6, 6.07) is 10.3. The van der Waals surface area contributed by atoms with Gasteiger partial charge in [-0.3, -0.25) is 4.68 Å². The third kappa shape index (κ3) is 3.08. The van der Waals surface area contributed by atoms with Crippen molar-refractivity contribution in [1.29, 1.82) is 0 Å². The first-order valence-electron chi connectivity index (χ1n) is 7.66. The number of sulfonamides is 1. The van der Waals surface area contributed by atoms with Gasteiger partial charge in [-0.25, -0.2) is 8.42 Å². The molecule has 1 aromatic carbocycles. The van der Waals surface area contributed by atoms with Crippen molar-refractivity contribution in [3.05, 3.63) is 48.3 Å². The van der Waals surface area contributed by atoms with E-state index in [1.54, 1.807) is 15.2 Å². The van der Waals surface area contributed by atoms with E-state index >= 15 is 0 Å². The highest BCUT2D eigenvalue weighted by Gasteiger charge is 2.33. The number of rotatable bonds is 5. The molecular weight excluding hydrogens is 298 g/mol. The van der Waals surface area contributed by atoms with Crippen LogP contribution in [-0.4, -0.2) is 35.6 Å². The average Bonchev–Trinajstić information content (AvgIpc) is 3.17. The molecule has 0 spiro atoms. The summed E-state index contributed by atoms with van der Waals surface area (Å²) in [5.41, 5.74) is 1.27. The maximum Gasteiger partial charge on any atom is 0.246 e. The van der Waals surface area contributed by atoms with Gasteiger partial charge in [0.2, 0.25) is 10.0 Å². The van der Waals surface area contributed by atoms with E-state index in [-0.39, 0.29) is 0 Å². The van der Waals surface area contributed by atoms with Gasteiger partial charge in [0.05, 0.1) is 6.20 Å². The molecule has 1 saturated heterocycles. The Morgan fingerprint density at radius 2 is 2.05 bits per heavy atom. The lowest BCUT2D eigenvalue weighted by Crippen LogP contribution is -2.29. The second-order valence-electron chi connectivity index (χ2n) is 5.74. The average molecular weight is 319 g/mol. The fourth-order valence-corrected chi connectivity index (χ4v) is 4.42. The third-order valence-electron chi connectivity index (χ3n) is 4.19. The molecule has 0 saturated carbocycles. The lowest BCUT2D eigenvalue weighted by Gasteiger charge is -2.15. The van der Waals surface area contributed by atoms with Crippen molar-refractivity contribution in [1.82, 2.24) is 14.1 Å². The van der Waals surface area contributed by atoms with E-state index in [1.807, 2.05) is 25.1 Å². The highest BCUT2D eigenvalue weighted by molar-refractivity contribution is 7.89. The molecule has 1 aliphatic rings. The number of aryl methyl sites for hydroxylation is 1. The van der Waals surface area contributed by atoms with Gasteiger partial charge in [-0.1, -0.05) is 30.3 Å². The van der Waals surface area contributed by atoms with Crippen molar-refractivity contribution in [2.24, 2.45) is 5.92 Å². The molecule has 0 amide bonds. The maximum atomic E-state index is 12.6. The van der Waals surface area contributed by atoms with Gasteiger partial charge in [0.1, 0.15) is 4.90 Å². The Morgan fingerprint density at radius 1 is 1.27 bits per heavy atom. The van der Waals surface area contributed by atoms with E-state index in [2.05, 4.69) is 17.2 Å². The zero-order chi connectivity index (χ0) is 15.6. The Balaban J connectivity index is 1.69. The number of hydrogen-bond acceptors (Lipinski definition) is 3. The maximum absolute atomic E-state index is 12.6. The molecule has 1 aromatic heterocycles. The molecule has 1 aliphatic heterocycles. The zero-order valence-corrected chi connectivity index (χ0v) is 13.5. The molecule has 6 heteroatoms. The zero-order valence-electron chi connectivity index (χ0n) is 12.7. The minimum Gasteiger partial charge on any atom is -0.272 e. The fraction of sp³-hybridized carbons (Fsp3) is 0.438. The summed E-state index contributed by atoms with van der Waals surface area (Å²) in [6.07, 6.45) is 4.90. The monoisotopic (exact) mass is 319 g/mol. The van der Waals surface area contributed by atoms with Gasteiger partial charge in [0.15, 0.2) is 0 Å². The van der Waals surface area contributed by atoms with Crippen LogP contribution in [0.4, 0.5) is 0 Å². The Bertz CT molecular complexity index is 725. The van der Waals surface area contributed by atoms with Crippen LogP contribution in [-0.2, 0) is 23.0 Å². The predicted molar refractivity (Wildman–Crippen MR) is 84.9 cm³/mol. The smallest absolute Gasteiger partial charge is 0.246 e. The fourth-order valence-electron chi connectivity index (χ4n) is 2.93. The number of nitrogens with zero attached hydrogens (tertiary/aromatic N) is 3. The normalized spacial score (nSPS) is 19.6. The van der Waals surface area contributed by atoms with Gasteiger partial charge in [0, 0.05) is 25.8 Å². The third-order valence-corrected chi connectivity index (χ3v) is 6.01. The molecule has 5 nitrogen and oxygen atoms in total. The van der Waals surface area contributed by atoms with E-state index in [0.29, 0.717) is 30.4 Å². The minimum absolute atomic E-state index is 0.301. The van der Waals surface area contributed by atoms with Gasteiger partial charge >= 0.3 is 0 Å². The molecule has 1 fully saturated rings. The van der Waals surface area contributed by atoms with Crippen molar-refractivity contribution in [2.45, 2.75) is 31.2 Å². The number of aromatic nitrogens is 2. The summed E-state index contributed by atoms with van der Waals surface area (Å²) < 4.78 is 28.5. The molecule has 3 rings (SSSR count). The van der Waals surface area contributed by atoms with Crippen LogP contribution in [0.15, 0.2) is 47.6 Å². The van der Waals surface area contributed by atoms with E-state index in [9.17, 15) is 8.42 Å². The second-order valence-corrected chi connectivity index (χ2v) is 7.68. The molecule has 0 aliphatic carbocycles. The van der Waals surface area contributed by atoms with Crippen LogP contribution in [0.2, 0.25) is 0 Å². The first kappa shape index (κ1) is 15.2. The molecule has 2 aromatic rings. The highest BCUT2D eigenvalue weighted by Crippen LogP contribution is 2.26. The Hall–Kier alpha value is -1.66. The van der Waals surface area contributed by atoms with Gasteiger partial charge in [-0.2, -0.15) is 9.40 Å². The van der Waals surface area contributed by atoms with Gasteiger partial charge < -0.3 is 0 Å². The second kappa shape index (κ2) is 6.22. The highest BCUT2D eigenvalue weighted by atomic mass is 32.2. The lowest BCUT2D eigenvalue weighted by atomic mass is 9.99. The number of hydrogen-bond donors (Lipinski definition) is 0. The number of benzene rings is 1. The molecule has 0 N–H and O–H groups in total. The SMILES string of the molecule is CCn1cc(S(=O)(=O)N2CC[C@H](Cc3ccccc3)C2)cn1. The van der Waals surface area contributed by atoms with Crippen molar-refractivity contribution in [3.8, 4) is 0 Å². The standard InChI is InChI=1S/C16H21N3O2S/c1-2-18-13-16(11-17-18)22(20,21)19-9-8-15(12-19)10-14-6-4-3-5-7-14/h3-7,11,13,15H,2,8-10,12H2,1H3/t15-/m1/s1. The summed E-state index contributed by atoms with van der Waals surface area (Å²) in [5.74, 6) is 0.387. The molecular formula is C16H21N3O2S. The lowest BCUT2D eigenvalue weighted by molar-refractivity contribution is 0.456. The largest absolute Gasteiger partial charge is 0.272 e. The van der Waals surface area contributed by atoms with Crippen LogP contribution in [0.5, 0.6) is 0 Å². The quantitative estimate of drug-likeness (QED) is 0.848. The van der Waals surface area contributed by atoms with Gasteiger partial charge in [0.25, 0.3) is 0 Å². The molecule has 2 heterocycles. The predicted octanol–water partition coefficient (Wildman–Crippen LogP) is 2.16. The molecule has 22 heavy (non-hydrogen) atoms. The Kier molecular flexibility index (Phi) is 4.31. The van der Waals surface area contributed by atoms with E-state index < -0.39 is 10.0 Å². The van der Waals surface area contributed by atoms with Crippen molar-refractivity contribution < 1.29 is 8.42 Å². The van der Waals surface area contributed by atoms with Crippen LogP contribution in [0.3, 0.4) is 0 Å². The minimum atomic E-state index is -3.40. The van der Waals surface area contributed by atoms with Gasteiger partial charge in [-0.15, -0.1) is 0 Å². The Labute approximate surface area is 131 Å². The van der Waals surface area contributed by atoms with E-state index in [0.717, 1.165) is 12.8 Å². The first-order valence-corrected chi connectivity index (χ1v) is 9.10. The van der Waals surface area contributed by atoms with Crippen LogP contribution in [0.1, 0.15) is 18.9 Å². The van der Waals surface area contributed by atoms with Gasteiger partial charge in [-0.05, 0) is 31.2 Å². The summed E-state index contributed by atoms with van der Waals surface area (Å²) in [6.45, 7) is 3.80. The van der Waals surface area contributed by atoms with Crippen molar-refractivity contribution in [3.63, 3.8) is 0 Å². The molecule has 0 bridgehead atoms.